The number of amides is 2. The number of ketones is 1. The van der Waals surface area contributed by atoms with Crippen LogP contribution >= 0.6 is 11.6 Å². The first-order chi connectivity index (χ1) is 17.3. The minimum absolute atomic E-state index is 0.109. The Labute approximate surface area is 210 Å². The number of halogens is 1. The SMILES string of the molecule is O=C(O)C=CC(=O)Nc1cccc(C(=O)C2=C(O)C(=O)N(c3ccccc3)C2c2ccc(Cl)cc2)c1. The highest BCUT2D eigenvalue weighted by Crippen LogP contribution is 2.42. The topological polar surface area (TPSA) is 124 Å². The fourth-order valence-electron chi connectivity index (χ4n) is 3.88. The lowest BCUT2D eigenvalue weighted by atomic mass is 9.92. The minimum atomic E-state index is -1.28. The normalized spacial score (nSPS) is 15.4. The summed E-state index contributed by atoms with van der Waals surface area (Å²) in [6.07, 6.45) is 1.53. The van der Waals surface area contributed by atoms with Crippen molar-refractivity contribution in [1.82, 2.24) is 0 Å². The fraction of sp³-hybridized carbons (Fsp3) is 0.0370. The summed E-state index contributed by atoms with van der Waals surface area (Å²) < 4.78 is 0. The molecule has 0 aromatic heterocycles. The maximum absolute atomic E-state index is 13.7. The quantitative estimate of drug-likeness (QED) is 0.318. The summed E-state index contributed by atoms with van der Waals surface area (Å²) in [5, 5.41) is 22.5. The van der Waals surface area contributed by atoms with Gasteiger partial charge in [0.1, 0.15) is 0 Å². The number of Topliss-reactive ketones (excluding diaryl/α,β-unsaturated/α-hetero) is 1. The van der Waals surface area contributed by atoms with Crippen molar-refractivity contribution in [3.63, 3.8) is 0 Å². The van der Waals surface area contributed by atoms with E-state index < -0.39 is 35.4 Å². The molecule has 36 heavy (non-hydrogen) atoms. The van der Waals surface area contributed by atoms with Crippen molar-refractivity contribution in [1.29, 1.82) is 0 Å². The number of carboxylic acid groups (broad SMARTS) is 1. The molecular formula is C27H19ClN2O6. The summed E-state index contributed by atoms with van der Waals surface area (Å²) >= 11 is 6.04. The van der Waals surface area contributed by atoms with Crippen molar-refractivity contribution in [3.05, 3.63) is 118 Å². The number of aliphatic carboxylic acids is 1. The first-order valence-corrected chi connectivity index (χ1v) is 11.1. The van der Waals surface area contributed by atoms with Crippen LogP contribution in [0.4, 0.5) is 11.4 Å². The van der Waals surface area contributed by atoms with Crippen LogP contribution in [-0.2, 0) is 14.4 Å². The molecule has 1 atom stereocenters. The second kappa shape index (κ2) is 10.3. The molecule has 180 valence electrons. The Bertz CT molecular complexity index is 1410. The summed E-state index contributed by atoms with van der Waals surface area (Å²) in [5.74, 6) is -4.00. The molecular weight excluding hydrogens is 484 g/mol. The van der Waals surface area contributed by atoms with Gasteiger partial charge in [0, 0.05) is 34.1 Å². The van der Waals surface area contributed by atoms with Gasteiger partial charge < -0.3 is 15.5 Å². The number of aliphatic hydroxyl groups is 1. The fourth-order valence-corrected chi connectivity index (χ4v) is 4.00. The highest BCUT2D eigenvalue weighted by atomic mass is 35.5. The molecule has 1 unspecified atom stereocenters. The highest BCUT2D eigenvalue weighted by molar-refractivity contribution is 6.30. The van der Waals surface area contributed by atoms with Crippen molar-refractivity contribution < 1.29 is 29.4 Å². The number of para-hydroxylation sites is 1. The Morgan fingerprint density at radius 2 is 1.61 bits per heavy atom. The molecule has 0 radical (unpaired) electrons. The molecule has 1 aliphatic heterocycles. The average molecular weight is 503 g/mol. The second-order valence-corrected chi connectivity index (χ2v) is 8.23. The summed E-state index contributed by atoms with van der Waals surface area (Å²) in [6, 6.07) is 20.2. The molecule has 0 saturated heterocycles. The van der Waals surface area contributed by atoms with Gasteiger partial charge in [-0.15, -0.1) is 0 Å². The molecule has 8 nitrogen and oxygen atoms in total. The van der Waals surface area contributed by atoms with E-state index in [4.69, 9.17) is 16.7 Å². The standard InChI is InChI=1S/C27H19ClN2O6/c28-18-11-9-16(10-12-18)24-23(26(35)27(36)30(24)20-7-2-1-3-8-20)25(34)17-5-4-6-19(15-17)29-21(31)13-14-22(32)33/h1-15,24,35H,(H,29,31)(H,32,33). The smallest absolute Gasteiger partial charge is 0.328 e. The lowest BCUT2D eigenvalue weighted by molar-refractivity contribution is -0.131. The van der Waals surface area contributed by atoms with Crippen molar-refractivity contribution in [2.75, 3.05) is 10.2 Å². The van der Waals surface area contributed by atoms with Crippen LogP contribution in [0.2, 0.25) is 5.02 Å². The second-order valence-electron chi connectivity index (χ2n) is 7.80. The zero-order valence-corrected chi connectivity index (χ0v) is 19.3. The number of anilines is 2. The molecule has 1 heterocycles. The van der Waals surface area contributed by atoms with Gasteiger partial charge in [0.05, 0.1) is 11.6 Å². The third kappa shape index (κ3) is 5.03. The molecule has 0 aliphatic carbocycles. The van der Waals surface area contributed by atoms with Crippen molar-refractivity contribution in [3.8, 4) is 0 Å². The number of aliphatic hydroxyl groups excluding tert-OH is 1. The lowest BCUT2D eigenvalue weighted by Gasteiger charge is -2.27. The number of carbonyl (C=O) groups excluding carboxylic acids is 3. The zero-order valence-electron chi connectivity index (χ0n) is 18.6. The number of benzene rings is 3. The maximum atomic E-state index is 13.7. The molecule has 3 aromatic carbocycles. The van der Waals surface area contributed by atoms with Gasteiger partial charge in [-0.05, 0) is 42.0 Å². The number of hydrogen-bond acceptors (Lipinski definition) is 5. The van der Waals surface area contributed by atoms with Gasteiger partial charge in [0.15, 0.2) is 11.5 Å². The molecule has 0 spiro atoms. The lowest BCUT2D eigenvalue weighted by Crippen LogP contribution is -2.31. The van der Waals surface area contributed by atoms with Crippen LogP contribution in [-0.4, -0.2) is 33.8 Å². The van der Waals surface area contributed by atoms with E-state index in [0.717, 1.165) is 6.08 Å². The number of rotatable bonds is 7. The maximum Gasteiger partial charge on any atom is 0.328 e. The van der Waals surface area contributed by atoms with Crippen LogP contribution in [0, 0.1) is 0 Å². The van der Waals surface area contributed by atoms with E-state index in [2.05, 4.69) is 5.32 Å². The van der Waals surface area contributed by atoms with Crippen LogP contribution in [0.1, 0.15) is 22.0 Å². The van der Waals surface area contributed by atoms with Gasteiger partial charge in [0.2, 0.25) is 5.91 Å². The highest BCUT2D eigenvalue weighted by Gasteiger charge is 2.44. The molecule has 9 heteroatoms. The van der Waals surface area contributed by atoms with Crippen LogP contribution in [0.15, 0.2) is 102 Å². The van der Waals surface area contributed by atoms with Crippen molar-refractivity contribution in [2.45, 2.75) is 6.04 Å². The first kappa shape index (κ1) is 24.4. The molecule has 3 aromatic rings. The van der Waals surface area contributed by atoms with Gasteiger partial charge in [-0.1, -0.05) is 54.1 Å². The van der Waals surface area contributed by atoms with Crippen LogP contribution in [0.3, 0.4) is 0 Å². The van der Waals surface area contributed by atoms with E-state index in [1.165, 1.54) is 29.2 Å². The summed E-state index contributed by atoms with van der Waals surface area (Å²) in [5.41, 5.74) is 1.27. The third-order valence-corrected chi connectivity index (χ3v) is 5.69. The largest absolute Gasteiger partial charge is 0.503 e. The van der Waals surface area contributed by atoms with E-state index in [-0.39, 0.29) is 16.8 Å². The van der Waals surface area contributed by atoms with Gasteiger partial charge in [0.25, 0.3) is 5.91 Å². The molecule has 2 amide bonds. The van der Waals surface area contributed by atoms with Crippen molar-refractivity contribution in [2.24, 2.45) is 0 Å². The summed E-state index contributed by atoms with van der Waals surface area (Å²) in [4.78, 5) is 50.7. The Balaban J connectivity index is 1.74. The van der Waals surface area contributed by atoms with Gasteiger partial charge in [-0.25, -0.2) is 4.79 Å². The number of nitrogens with one attached hydrogen (secondary N) is 1. The van der Waals surface area contributed by atoms with Gasteiger partial charge in [-0.2, -0.15) is 0 Å². The first-order valence-electron chi connectivity index (χ1n) is 10.7. The third-order valence-electron chi connectivity index (χ3n) is 5.44. The molecule has 3 N–H and O–H groups in total. The zero-order chi connectivity index (χ0) is 25.8. The van der Waals surface area contributed by atoms with E-state index >= 15 is 0 Å². The van der Waals surface area contributed by atoms with E-state index in [9.17, 15) is 24.3 Å². The van der Waals surface area contributed by atoms with Crippen LogP contribution in [0.25, 0.3) is 0 Å². The van der Waals surface area contributed by atoms with Crippen LogP contribution < -0.4 is 10.2 Å². The summed E-state index contributed by atoms with van der Waals surface area (Å²) in [6.45, 7) is 0. The van der Waals surface area contributed by atoms with E-state index in [0.29, 0.717) is 22.3 Å². The molecule has 0 fully saturated rings. The van der Waals surface area contributed by atoms with Gasteiger partial charge >= 0.3 is 5.97 Å². The Kier molecular flexibility index (Phi) is 6.98. The number of carbonyl (C=O) groups is 4. The number of nitrogens with zero attached hydrogens (tertiary/aromatic N) is 1. The average Bonchev–Trinajstić information content (AvgIpc) is 3.13. The van der Waals surface area contributed by atoms with E-state index in [1.807, 2.05) is 0 Å². The predicted molar refractivity (Wildman–Crippen MR) is 134 cm³/mol. The monoisotopic (exact) mass is 502 g/mol. The molecule has 4 rings (SSSR count). The Hall–Kier alpha value is -4.69. The molecule has 0 bridgehead atoms. The predicted octanol–water partition coefficient (Wildman–Crippen LogP) is 4.70. The van der Waals surface area contributed by atoms with Crippen molar-refractivity contribution >= 4 is 46.5 Å². The minimum Gasteiger partial charge on any atom is -0.503 e. The van der Waals surface area contributed by atoms with Crippen LogP contribution in [0.5, 0.6) is 0 Å². The summed E-state index contributed by atoms with van der Waals surface area (Å²) in [7, 11) is 0. The number of hydrogen-bond donors (Lipinski definition) is 3. The molecule has 1 aliphatic rings. The molecule has 0 saturated carbocycles. The number of carboxylic acids is 1. The Morgan fingerprint density at radius 3 is 2.28 bits per heavy atom. The van der Waals surface area contributed by atoms with E-state index in [1.54, 1.807) is 54.6 Å². The Morgan fingerprint density at radius 1 is 0.917 bits per heavy atom. The van der Waals surface area contributed by atoms with Gasteiger partial charge in [-0.3, -0.25) is 19.3 Å².